The molecule has 1 aromatic heterocycles. The molecule has 2 heterocycles. The lowest BCUT2D eigenvalue weighted by molar-refractivity contribution is 0.211. The molecule has 4 aromatic rings. The summed E-state index contributed by atoms with van der Waals surface area (Å²) in [6.07, 6.45) is 4.20. The van der Waals surface area contributed by atoms with Gasteiger partial charge >= 0.3 is 0 Å². The van der Waals surface area contributed by atoms with E-state index >= 15 is 0 Å². The Morgan fingerprint density at radius 2 is 1.76 bits per heavy atom. The second-order valence-electron chi connectivity index (χ2n) is 9.00. The molecule has 0 aliphatic carbocycles. The van der Waals surface area contributed by atoms with Gasteiger partial charge < -0.3 is 19.5 Å². The van der Waals surface area contributed by atoms with Crippen molar-refractivity contribution in [1.29, 1.82) is 0 Å². The highest BCUT2D eigenvalue weighted by atomic mass is 32.2. The second kappa shape index (κ2) is 12.6. The van der Waals surface area contributed by atoms with Crippen molar-refractivity contribution in [2.75, 3.05) is 18.2 Å². The van der Waals surface area contributed by atoms with Crippen molar-refractivity contribution < 1.29 is 14.2 Å². The maximum atomic E-state index is 6.53. The van der Waals surface area contributed by atoms with E-state index in [1.165, 1.54) is 19.3 Å². The van der Waals surface area contributed by atoms with Gasteiger partial charge in [-0.3, -0.25) is 0 Å². The predicted molar refractivity (Wildman–Crippen MR) is 151 cm³/mol. The number of fused-ring (bicyclic) bond motifs is 3. The Balaban J connectivity index is 1.47. The minimum absolute atomic E-state index is 0.399. The van der Waals surface area contributed by atoms with Crippen molar-refractivity contribution in [1.82, 2.24) is 15.2 Å². The lowest BCUT2D eigenvalue weighted by Gasteiger charge is -2.23. The number of thioether (sulfide) groups is 1. The summed E-state index contributed by atoms with van der Waals surface area (Å²) < 4.78 is 18.5. The van der Waals surface area contributed by atoms with Crippen LogP contribution < -0.4 is 19.5 Å². The van der Waals surface area contributed by atoms with Gasteiger partial charge in [-0.05, 0) is 30.2 Å². The van der Waals surface area contributed by atoms with Gasteiger partial charge in [0.15, 0.2) is 17.2 Å². The molecule has 0 fully saturated rings. The Labute approximate surface area is 228 Å². The minimum atomic E-state index is -0.586. The van der Waals surface area contributed by atoms with Gasteiger partial charge in [-0.15, -0.1) is 10.2 Å². The Morgan fingerprint density at radius 3 is 2.61 bits per heavy atom. The van der Waals surface area contributed by atoms with Crippen LogP contribution in [0.1, 0.15) is 50.0 Å². The van der Waals surface area contributed by atoms with Crippen LogP contribution in [0.25, 0.3) is 11.3 Å². The number of hydrogen-bond acceptors (Lipinski definition) is 8. The summed E-state index contributed by atoms with van der Waals surface area (Å²) >= 11 is 1.61. The number of nitrogens with zero attached hydrogens (tertiary/aromatic N) is 3. The standard InChI is InChI=1S/C30H32N4O3S/c1-3-4-5-11-19-38-30-32-29-26(33-34-30)22-15-9-10-17-24(22)31-28(37-29)23-16-12-18-25(35-2)27(23)36-20-21-13-7-6-8-14-21/h6-10,12-18,28,31H,3-5,11,19-20H2,1-2H3/t28-/m1/s1. The molecule has 7 nitrogen and oxygen atoms in total. The van der Waals surface area contributed by atoms with E-state index in [1.807, 2.05) is 72.8 Å². The molecule has 3 aromatic carbocycles. The van der Waals surface area contributed by atoms with Crippen LogP contribution in [-0.4, -0.2) is 28.0 Å². The van der Waals surface area contributed by atoms with E-state index in [0.29, 0.717) is 34.8 Å². The Morgan fingerprint density at radius 1 is 0.921 bits per heavy atom. The average molecular weight is 529 g/mol. The van der Waals surface area contributed by atoms with Crippen LogP contribution in [0.15, 0.2) is 78.0 Å². The van der Waals surface area contributed by atoms with Gasteiger partial charge in [-0.25, -0.2) is 0 Å². The van der Waals surface area contributed by atoms with E-state index in [-0.39, 0.29) is 0 Å². The van der Waals surface area contributed by atoms with Crippen LogP contribution in [0.2, 0.25) is 0 Å². The molecular weight excluding hydrogens is 496 g/mol. The highest BCUT2D eigenvalue weighted by Gasteiger charge is 2.29. The number of para-hydroxylation sites is 2. The third-order valence-electron chi connectivity index (χ3n) is 6.30. The van der Waals surface area contributed by atoms with Gasteiger partial charge in [0.05, 0.1) is 12.7 Å². The van der Waals surface area contributed by atoms with E-state index in [1.54, 1.807) is 18.9 Å². The van der Waals surface area contributed by atoms with Crippen molar-refractivity contribution in [3.05, 3.63) is 83.9 Å². The lowest BCUT2D eigenvalue weighted by Crippen LogP contribution is -2.18. The highest BCUT2D eigenvalue weighted by Crippen LogP contribution is 2.43. The van der Waals surface area contributed by atoms with Gasteiger partial charge in [0.1, 0.15) is 6.61 Å². The quantitative estimate of drug-likeness (QED) is 0.160. The predicted octanol–water partition coefficient (Wildman–Crippen LogP) is 7.30. The van der Waals surface area contributed by atoms with Crippen molar-refractivity contribution in [3.63, 3.8) is 0 Å². The number of aromatic nitrogens is 3. The van der Waals surface area contributed by atoms with Gasteiger partial charge in [-0.2, -0.15) is 4.98 Å². The Kier molecular flexibility index (Phi) is 8.60. The summed E-state index contributed by atoms with van der Waals surface area (Å²) in [5.74, 6) is 2.64. The molecular formula is C30H32N4O3S. The van der Waals surface area contributed by atoms with Crippen LogP contribution in [0, 0.1) is 0 Å². The zero-order valence-corrected chi connectivity index (χ0v) is 22.5. The fourth-order valence-corrected chi connectivity index (χ4v) is 5.10. The van der Waals surface area contributed by atoms with Crippen LogP contribution >= 0.6 is 11.8 Å². The molecule has 38 heavy (non-hydrogen) atoms. The van der Waals surface area contributed by atoms with Crippen LogP contribution in [0.4, 0.5) is 5.69 Å². The lowest BCUT2D eigenvalue weighted by atomic mass is 10.1. The summed E-state index contributed by atoms with van der Waals surface area (Å²) in [5, 5.41) is 13.1. The van der Waals surface area contributed by atoms with Crippen molar-refractivity contribution in [2.45, 2.75) is 50.6 Å². The number of methoxy groups -OCH3 is 1. The SMILES string of the molecule is CCCCCCSc1nnc2c(n1)O[C@H](c1cccc(OC)c1OCc1ccccc1)Nc1ccccc1-2. The van der Waals surface area contributed by atoms with Crippen LogP contribution in [-0.2, 0) is 6.61 Å². The molecule has 0 saturated heterocycles. The van der Waals surface area contributed by atoms with E-state index < -0.39 is 6.23 Å². The monoisotopic (exact) mass is 528 g/mol. The highest BCUT2D eigenvalue weighted by molar-refractivity contribution is 7.99. The maximum absolute atomic E-state index is 6.53. The molecule has 0 radical (unpaired) electrons. The largest absolute Gasteiger partial charge is 0.493 e. The maximum Gasteiger partial charge on any atom is 0.247 e. The van der Waals surface area contributed by atoms with E-state index in [0.717, 1.165) is 34.6 Å². The van der Waals surface area contributed by atoms with Crippen molar-refractivity contribution in [2.24, 2.45) is 0 Å². The number of ether oxygens (including phenoxy) is 3. The zero-order chi connectivity index (χ0) is 26.2. The van der Waals surface area contributed by atoms with Crippen LogP contribution in [0.3, 0.4) is 0 Å². The van der Waals surface area contributed by atoms with E-state index in [9.17, 15) is 0 Å². The molecule has 0 unspecified atom stereocenters. The smallest absolute Gasteiger partial charge is 0.247 e. The number of nitrogens with one attached hydrogen (secondary N) is 1. The number of benzene rings is 3. The van der Waals surface area contributed by atoms with E-state index in [4.69, 9.17) is 19.2 Å². The third kappa shape index (κ3) is 6.02. The number of hydrogen-bond donors (Lipinski definition) is 1. The molecule has 0 spiro atoms. The average Bonchev–Trinajstić information content (AvgIpc) is 3.13. The van der Waals surface area contributed by atoms with Gasteiger partial charge in [0.25, 0.3) is 0 Å². The van der Waals surface area contributed by atoms with Crippen LogP contribution in [0.5, 0.6) is 17.4 Å². The Hall–Kier alpha value is -3.78. The van der Waals surface area contributed by atoms with E-state index in [2.05, 4.69) is 22.4 Å². The van der Waals surface area contributed by atoms with Crippen molar-refractivity contribution in [3.8, 4) is 28.6 Å². The molecule has 0 bridgehead atoms. The molecule has 1 N–H and O–H groups in total. The second-order valence-corrected chi connectivity index (χ2v) is 10.1. The molecule has 1 aliphatic heterocycles. The summed E-state index contributed by atoms with van der Waals surface area (Å²) in [6.45, 7) is 2.61. The molecule has 1 atom stereocenters. The van der Waals surface area contributed by atoms with Gasteiger partial charge in [0, 0.05) is 17.0 Å². The minimum Gasteiger partial charge on any atom is -0.493 e. The van der Waals surface area contributed by atoms with Gasteiger partial charge in [0.2, 0.25) is 17.3 Å². The number of anilines is 1. The summed E-state index contributed by atoms with van der Waals surface area (Å²) in [6, 6.07) is 23.8. The normalized spacial score (nSPS) is 13.9. The fraction of sp³-hybridized carbons (Fsp3) is 0.300. The first-order valence-corrected chi connectivity index (χ1v) is 14.0. The fourth-order valence-electron chi connectivity index (χ4n) is 4.33. The first-order valence-electron chi connectivity index (χ1n) is 13.0. The zero-order valence-electron chi connectivity index (χ0n) is 21.7. The molecule has 0 amide bonds. The Bertz CT molecular complexity index is 1350. The number of rotatable bonds is 11. The first kappa shape index (κ1) is 25.9. The molecule has 5 rings (SSSR count). The molecule has 196 valence electrons. The molecule has 1 aliphatic rings. The summed E-state index contributed by atoms with van der Waals surface area (Å²) in [5.41, 5.74) is 4.24. The topological polar surface area (TPSA) is 78.4 Å². The first-order chi connectivity index (χ1) is 18.8. The third-order valence-corrected chi connectivity index (χ3v) is 7.22. The molecule has 8 heteroatoms. The summed E-state index contributed by atoms with van der Waals surface area (Å²) in [7, 11) is 1.64. The molecule has 0 saturated carbocycles. The number of unbranched alkanes of at least 4 members (excludes halogenated alkanes) is 3. The van der Waals surface area contributed by atoms with Gasteiger partial charge in [-0.1, -0.05) is 92.5 Å². The summed E-state index contributed by atoms with van der Waals surface area (Å²) in [4.78, 5) is 4.79. The van der Waals surface area contributed by atoms with Crippen molar-refractivity contribution >= 4 is 17.4 Å².